The minimum absolute atomic E-state index is 0. The van der Waals surface area contributed by atoms with Gasteiger partial charge in [-0.3, -0.25) is 4.79 Å². The Morgan fingerprint density at radius 1 is 1.29 bits per heavy atom. The standard InChI is InChI=1S/C13H14F3NO3.ClH/c1-19-12(18)11-6-10(7-17-11)20-9-4-2-8(3-5-9)13(14,15)16;/h2-5,10-11,17H,6-7H2,1H3;1H. The van der Waals surface area contributed by atoms with Crippen LogP contribution in [0.1, 0.15) is 12.0 Å². The molecule has 1 heterocycles. The molecule has 4 nitrogen and oxygen atoms in total. The molecule has 1 aliphatic rings. The fourth-order valence-corrected chi connectivity index (χ4v) is 2.03. The second kappa shape index (κ2) is 7.00. The lowest BCUT2D eigenvalue weighted by Gasteiger charge is -2.13. The molecule has 1 aliphatic heterocycles. The van der Waals surface area contributed by atoms with Gasteiger partial charge < -0.3 is 14.8 Å². The van der Waals surface area contributed by atoms with Crippen LogP contribution in [0.3, 0.4) is 0 Å². The Hall–Kier alpha value is -1.47. The normalized spacial score (nSPS) is 21.5. The summed E-state index contributed by atoms with van der Waals surface area (Å²) in [6.07, 6.45) is -4.20. The highest BCUT2D eigenvalue weighted by atomic mass is 35.5. The van der Waals surface area contributed by atoms with Crippen molar-refractivity contribution >= 4 is 18.4 Å². The first-order valence-corrected chi connectivity index (χ1v) is 6.05. The molecule has 0 radical (unpaired) electrons. The van der Waals surface area contributed by atoms with Crippen LogP contribution >= 0.6 is 12.4 Å². The highest BCUT2D eigenvalue weighted by molar-refractivity contribution is 5.85. The molecule has 0 amide bonds. The molecule has 0 aliphatic carbocycles. The summed E-state index contributed by atoms with van der Waals surface area (Å²) in [6.45, 7) is 0.445. The third kappa shape index (κ3) is 4.50. The van der Waals surface area contributed by atoms with Gasteiger partial charge in [0.1, 0.15) is 17.9 Å². The smallest absolute Gasteiger partial charge is 0.416 e. The minimum Gasteiger partial charge on any atom is -0.489 e. The summed E-state index contributed by atoms with van der Waals surface area (Å²) in [7, 11) is 1.30. The van der Waals surface area contributed by atoms with Gasteiger partial charge in [-0.05, 0) is 24.3 Å². The molecule has 1 saturated heterocycles. The topological polar surface area (TPSA) is 47.6 Å². The second-order valence-electron chi connectivity index (χ2n) is 4.48. The van der Waals surface area contributed by atoms with Gasteiger partial charge in [-0.25, -0.2) is 0 Å². The van der Waals surface area contributed by atoms with Crippen LogP contribution in [0.25, 0.3) is 0 Å². The zero-order valence-electron chi connectivity index (χ0n) is 11.1. The predicted molar refractivity (Wildman–Crippen MR) is 71.5 cm³/mol. The average molecular weight is 326 g/mol. The molecule has 1 aromatic rings. The number of nitrogens with one attached hydrogen (secondary N) is 1. The number of benzene rings is 1. The summed E-state index contributed by atoms with van der Waals surface area (Å²) < 4.78 is 47.3. The lowest BCUT2D eigenvalue weighted by atomic mass is 10.2. The van der Waals surface area contributed by atoms with E-state index in [9.17, 15) is 18.0 Å². The first kappa shape index (κ1) is 17.6. The lowest BCUT2D eigenvalue weighted by Crippen LogP contribution is -2.31. The van der Waals surface area contributed by atoms with Crippen LogP contribution in [0.4, 0.5) is 13.2 Å². The van der Waals surface area contributed by atoms with Crippen molar-refractivity contribution in [3.63, 3.8) is 0 Å². The maximum Gasteiger partial charge on any atom is 0.416 e. The van der Waals surface area contributed by atoms with Crippen molar-refractivity contribution in [2.75, 3.05) is 13.7 Å². The van der Waals surface area contributed by atoms with Crippen LogP contribution in [-0.4, -0.2) is 31.8 Å². The Bertz CT molecular complexity index is 479. The number of esters is 1. The quantitative estimate of drug-likeness (QED) is 0.867. The number of hydrogen-bond acceptors (Lipinski definition) is 4. The third-order valence-electron chi connectivity index (χ3n) is 3.06. The van der Waals surface area contributed by atoms with Crippen molar-refractivity contribution in [3.8, 4) is 5.75 Å². The Kier molecular flexibility index (Phi) is 5.86. The Labute approximate surface area is 126 Å². The first-order chi connectivity index (χ1) is 9.40. The van der Waals surface area contributed by atoms with Crippen molar-refractivity contribution in [2.45, 2.75) is 24.7 Å². The Balaban J connectivity index is 0.00000220. The number of halogens is 4. The van der Waals surface area contributed by atoms with E-state index in [0.29, 0.717) is 18.7 Å². The number of methoxy groups -OCH3 is 1. The van der Waals surface area contributed by atoms with Gasteiger partial charge in [0.15, 0.2) is 0 Å². The molecule has 1 fully saturated rings. The van der Waals surface area contributed by atoms with E-state index in [1.165, 1.54) is 19.2 Å². The molecular formula is C13H15ClF3NO3. The minimum atomic E-state index is -4.36. The van der Waals surface area contributed by atoms with Crippen LogP contribution in [0.5, 0.6) is 5.75 Å². The molecule has 0 saturated carbocycles. The van der Waals surface area contributed by atoms with E-state index in [4.69, 9.17) is 4.74 Å². The molecule has 0 bridgehead atoms. The zero-order chi connectivity index (χ0) is 14.8. The molecule has 2 unspecified atom stereocenters. The maximum atomic E-state index is 12.4. The average Bonchev–Trinajstić information content (AvgIpc) is 2.86. The molecule has 8 heteroatoms. The number of alkyl halides is 3. The third-order valence-corrected chi connectivity index (χ3v) is 3.06. The van der Waals surface area contributed by atoms with Crippen molar-refractivity contribution in [2.24, 2.45) is 0 Å². The summed E-state index contributed by atoms with van der Waals surface area (Å²) in [5.41, 5.74) is -0.721. The molecule has 118 valence electrons. The van der Waals surface area contributed by atoms with Crippen molar-refractivity contribution in [1.29, 1.82) is 0 Å². The van der Waals surface area contributed by atoms with E-state index < -0.39 is 17.8 Å². The molecular weight excluding hydrogens is 311 g/mol. The van der Waals surface area contributed by atoms with E-state index in [1.807, 2.05) is 0 Å². The van der Waals surface area contributed by atoms with E-state index in [2.05, 4.69) is 10.1 Å². The van der Waals surface area contributed by atoms with Crippen LogP contribution in [0.2, 0.25) is 0 Å². The van der Waals surface area contributed by atoms with Gasteiger partial charge in [0.25, 0.3) is 0 Å². The highest BCUT2D eigenvalue weighted by Gasteiger charge is 2.32. The molecule has 2 atom stereocenters. The first-order valence-electron chi connectivity index (χ1n) is 6.05. The largest absolute Gasteiger partial charge is 0.489 e. The molecule has 0 spiro atoms. The summed E-state index contributed by atoms with van der Waals surface area (Å²) >= 11 is 0. The van der Waals surface area contributed by atoms with Gasteiger partial charge in [0.05, 0.1) is 12.7 Å². The van der Waals surface area contributed by atoms with Gasteiger partial charge in [-0.2, -0.15) is 13.2 Å². The second-order valence-corrected chi connectivity index (χ2v) is 4.48. The molecule has 1 aromatic carbocycles. The molecule has 1 N–H and O–H groups in total. The van der Waals surface area contributed by atoms with Crippen LogP contribution in [0.15, 0.2) is 24.3 Å². The summed E-state index contributed by atoms with van der Waals surface area (Å²) in [4.78, 5) is 11.3. The van der Waals surface area contributed by atoms with E-state index in [0.717, 1.165) is 12.1 Å². The monoisotopic (exact) mass is 325 g/mol. The van der Waals surface area contributed by atoms with E-state index in [-0.39, 0.29) is 24.5 Å². The van der Waals surface area contributed by atoms with Gasteiger partial charge in [-0.1, -0.05) is 0 Å². The summed E-state index contributed by atoms with van der Waals surface area (Å²) in [5.74, 6) is -0.0289. The fourth-order valence-electron chi connectivity index (χ4n) is 2.03. The van der Waals surface area contributed by atoms with Crippen LogP contribution in [-0.2, 0) is 15.7 Å². The number of carbonyl (C=O) groups excluding carboxylic acids is 1. The maximum absolute atomic E-state index is 12.4. The van der Waals surface area contributed by atoms with Crippen molar-refractivity contribution in [1.82, 2.24) is 5.32 Å². The molecule has 2 rings (SSSR count). The fraction of sp³-hybridized carbons (Fsp3) is 0.462. The highest BCUT2D eigenvalue weighted by Crippen LogP contribution is 2.30. The number of carbonyl (C=O) groups is 1. The lowest BCUT2D eigenvalue weighted by molar-refractivity contribution is -0.142. The number of hydrogen-bond donors (Lipinski definition) is 1. The van der Waals surface area contributed by atoms with Crippen molar-refractivity contribution in [3.05, 3.63) is 29.8 Å². The SMILES string of the molecule is COC(=O)C1CC(Oc2ccc(C(F)(F)F)cc2)CN1.Cl. The number of rotatable bonds is 3. The van der Waals surface area contributed by atoms with Gasteiger partial charge in [0, 0.05) is 13.0 Å². The Morgan fingerprint density at radius 3 is 2.43 bits per heavy atom. The summed E-state index contributed by atoms with van der Waals surface area (Å²) in [5, 5.41) is 2.93. The Morgan fingerprint density at radius 2 is 1.90 bits per heavy atom. The van der Waals surface area contributed by atoms with E-state index >= 15 is 0 Å². The predicted octanol–water partition coefficient (Wildman–Crippen LogP) is 2.41. The zero-order valence-corrected chi connectivity index (χ0v) is 12.0. The molecule has 21 heavy (non-hydrogen) atoms. The van der Waals surface area contributed by atoms with Gasteiger partial charge in [-0.15, -0.1) is 12.4 Å². The van der Waals surface area contributed by atoms with Crippen LogP contribution < -0.4 is 10.1 Å². The van der Waals surface area contributed by atoms with E-state index in [1.54, 1.807) is 0 Å². The van der Waals surface area contributed by atoms with Gasteiger partial charge >= 0.3 is 12.1 Å². The number of ether oxygens (including phenoxy) is 2. The molecule has 0 aromatic heterocycles. The van der Waals surface area contributed by atoms with Gasteiger partial charge in [0.2, 0.25) is 0 Å². The van der Waals surface area contributed by atoms with Crippen LogP contribution in [0, 0.1) is 0 Å². The van der Waals surface area contributed by atoms with Crippen molar-refractivity contribution < 1.29 is 27.4 Å². The summed E-state index contributed by atoms with van der Waals surface area (Å²) in [6, 6.07) is 4.05.